The van der Waals surface area contributed by atoms with Gasteiger partial charge in [-0.15, -0.1) is 5.10 Å². The number of benzene rings is 1. The van der Waals surface area contributed by atoms with Crippen LogP contribution in [0.1, 0.15) is 5.69 Å². The summed E-state index contributed by atoms with van der Waals surface area (Å²) in [7, 11) is 1.51. The predicted molar refractivity (Wildman–Crippen MR) is 74.5 cm³/mol. The van der Waals surface area contributed by atoms with Crippen molar-refractivity contribution in [3.8, 4) is 5.75 Å². The van der Waals surface area contributed by atoms with Gasteiger partial charge in [0.15, 0.2) is 0 Å². The molecule has 0 saturated carbocycles. The first-order valence-electron chi connectivity index (χ1n) is 5.85. The molecule has 7 nitrogen and oxygen atoms in total. The molecule has 0 fully saturated rings. The summed E-state index contributed by atoms with van der Waals surface area (Å²) in [4.78, 5) is 11.9. The molecule has 1 amide bonds. The van der Waals surface area contributed by atoms with Crippen molar-refractivity contribution in [3.63, 3.8) is 0 Å². The van der Waals surface area contributed by atoms with Gasteiger partial charge in [-0.1, -0.05) is 16.8 Å². The molecule has 0 radical (unpaired) electrons. The van der Waals surface area contributed by atoms with Gasteiger partial charge in [0.1, 0.15) is 12.3 Å². The van der Waals surface area contributed by atoms with E-state index in [4.69, 9.17) is 22.1 Å². The number of carbonyl (C=O) groups excluding carboxylic acids is 1. The SMILES string of the molecule is COc1cc(NC(=O)Cn2cc(CN)nn2)ccc1Cl. The molecule has 2 aromatic rings. The maximum Gasteiger partial charge on any atom is 0.246 e. The van der Waals surface area contributed by atoms with E-state index in [1.807, 2.05) is 0 Å². The van der Waals surface area contributed by atoms with E-state index in [9.17, 15) is 4.79 Å². The molecule has 0 unspecified atom stereocenters. The van der Waals surface area contributed by atoms with Crippen LogP contribution in [0, 0.1) is 0 Å². The Hall–Kier alpha value is -2.12. The minimum atomic E-state index is -0.233. The van der Waals surface area contributed by atoms with Crippen molar-refractivity contribution < 1.29 is 9.53 Å². The number of methoxy groups -OCH3 is 1. The summed E-state index contributed by atoms with van der Waals surface area (Å²) < 4.78 is 6.50. The van der Waals surface area contributed by atoms with Crippen molar-refractivity contribution in [1.29, 1.82) is 0 Å². The first kappa shape index (κ1) is 14.3. The summed E-state index contributed by atoms with van der Waals surface area (Å²) in [5.74, 6) is 0.262. The van der Waals surface area contributed by atoms with Crippen LogP contribution >= 0.6 is 11.6 Å². The van der Waals surface area contributed by atoms with Crippen LogP contribution in [-0.4, -0.2) is 28.0 Å². The maximum absolute atomic E-state index is 11.9. The van der Waals surface area contributed by atoms with Crippen LogP contribution in [0.5, 0.6) is 5.75 Å². The molecule has 1 aromatic heterocycles. The molecular weight excluding hydrogens is 282 g/mol. The summed E-state index contributed by atoms with van der Waals surface area (Å²) in [6, 6.07) is 4.99. The average molecular weight is 296 g/mol. The summed E-state index contributed by atoms with van der Waals surface area (Å²) in [5.41, 5.74) is 6.64. The lowest BCUT2D eigenvalue weighted by Crippen LogP contribution is -2.19. The molecule has 2 rings (SSSR count). The standard InChI is InChI=1S/C12H14ClN5O2/c1-20-11-4-8(2-3-10(11)13)15-12(19)7-18-6-9(5-14)16-17-18/h2-4,6H,5,7,14H2,1H3,(H,15,19). The number of nitrogens with two attached hydrogens (primary N) is 1. The first-order valence-corrected chi connectivity index (χ1v) is 6.22. The van der Waals surface area contributed by atoms with Gasteiger partial charge >= 0.3 is 0 Å². The van der Waals surface area contributed by atoms with Crippen molar-refractivity contribution in [1.82, 2.24) is 15.0 Å². The molecular formula is C12H14ClN5O2. The van der Waals surface area contributed by atoms with Gasteiger partial charge in [-0.25, -0.2) is 4.68 Å². The van der Waals surface area contributed by atoms with E-state index in [0.29, 0.717) is 22.2 Å². The normalized spacial score (nSPS) is 10.3. The molecule has 0 saturated heterocycles. The Morgan fingerprint density at radius 1 is 1.55 bits per heavy atom. The number of aromatic nitrogens is 3. The zero-order chi connectivity index (χ0) is 14.5. The number of hydrogen-bond donors (Lipinski definition) is 2. The highest BCUT2D eigenvalue weighted by Gasteiger charge is 2.08. The Labute approximate surface area is 120 Å². The Kier molecular flexibility index (Phi) is 4.54. The van der Waals surface area contributed by atoms with Crippen LogP contribution in [0.3, 0.4) is 0 Å². The van der Waals surface area contributed by atoms with Crippen LogP contribution in [0.15, 0.2) is 24.4 Å². The predicted octanol–water partition coefficient (Wildman–Crippen LogP) is 1.04. The van der Waals surface area contributed by atoms with Gasteiger partial charge in [0.05, 0.1) is 24.0 Å². The fourth-order valence-corrected chi connectivity index (χ4v) is 1.79. The number of rotatable bonds is 5. The number of ether oxygens (including phenoxy) is 1. The molecule has 1 heterocycles. The van der Waals surface area contributed by atoms with E-state index in [-0.39, 0.29) is 19.0 Å². The molecule has 3 N–H and O–H groups in total. The first-order chi connectivity index (χ1) is 9.62. The van der Waals surface area contributed by atoms with Crippen LogP contribution in [0.4, 0.5) is 5.69 Å². The van der Waals surface area contributed by atoms with E-state index in [0.717, 1.165) is 0 Å². The Balaban J connectivity index is 2.00. The molecule has 0 aliphatic carbocycles. The third-order valence-electron chi connectivity index (χ3n) is 2.54. The van der Waals surface area contributed by atoms with Crippen molar-refractivity contribution in [2.45, 2.75) is 13.1 Å². The fraction of sp³-hybridized carbons (Fsp3) is 0.250. The van der Waals surface area contributed by atoms with Gasteiger partial charge in [0.25, 0.3) is 0 Å². The smallest absolute Gasteiger partial charge is 0.246 e. The lowest BCUT2D eigenvalue weighted by atomic mass is 10.3. The number of amides is 1. The minimum absolute atomic E-state index is 0.0535. The number of nitrogens with one attached hydrogen (secondary N) is 1. The minimum Gasteiger partial charge on any atom is -0.495 e. The molecule has 20 heavy (non-hydrogen) atoms. The zero-order valence-electron chi connectivity index (χ0n) is 10.8. The van der Waals surface area contributed by atoms with Crippen LogP contribution in [-0.2, 0) is 17.9 Å². The highest BCUT2D eigenvalue weighted by atomic mass is 35.5. The quantitative estimate of drug-likeness (QED) is 0.859. The highest BCUT2D eigenvalue weighted by Crippen LogP contribution is 2.27. The second-order valence-corrected chi connectivity index (χ2v) is 4.42. The molecule has 8 heteroatoms. The van der Waals surface area contributed by atoms with Gasteiger partial charge in [-0.3, -0.25) is 4.79 Å². The zero-order valence-corrected chi connectivity index (χ0v) is 11.6. The molecule has 0 atom stereocenters. The lowest BCUT2D eigenvalue weighted by Gasteiger charge is -2.08. The highest BCUT2D eigenvalue weighted by molar-refractivity contribution is 6.32. The average Bonchev–Trinajstić information content (AvgIpc) is 2.88. The second kappa shape index (κ2) is 6.36. The number of anilines is 1. The largest absolute Gasteiger partial charge is 0.495 e. The monoisotopic (exact) mass is 295 g/mol. The summed E-state index contributed by atoms with van der Waals surface area (Å²) >= 11 is 5.91. The van der Waals surface area contributed by atoms with Gasteiger partial charge < -0.3 is 15.8 Å². The Bertz CT molecular complexity index is 614. The van der Waals surface area contributed by atoms with E-state index < -0.39 is 0 Å². The van der Waals surface area contributed by atoms with Crippen molar-refractivity contribution in [2.75, 3.05) is 12.4 Å². The number of halogens is 1. The number of carbonyl (C=O) groups is 1. The lowest BCUT2D eigenvalue weighted by molar-refractivity contribution is -0.116. The third kappa shape index (κ3) is 3.46. The van der Waals surface area contributed by atoms with Crippen molar-refractivity contribution in [2.24, 2.45) is 5.73 Å². The number of nitrogens with zero attached hydrogens (tertiary/aromatic N) is 3. The Morgan fingerprint density at radius 3 is 3.00 bits per heavy atom. The molecule has 0 aliphatic rings. The van der Waals surface area contributed by atoms with E-state index in [2.05, 4.69) is 15.6 Å². The van der Waals surface area contributed by atoms with Crippen LogP contribution in [0.25, 0.3) is 0 Å². The van der Waals surface area contributed by atoms with Gasteiger partial charge in [0.2, 0.25) is 5.91 Å². The van der Waals surface area contributed by atoms with Gasteiger partial charge in [-0.2, -0.15) is 0 Å². The number of hydrogen-bond acceptors (Lipinski definition) is 5. The van der Waals surface area contributed by atoms with Gasteiger partial charge in [0, 0.05) is 18.3 Å². The maximum atomic E-state index is 11.9. The molecule has 0 spiro atoms. The topological polar surface area (TPSA) is 95.1 Å². The molecule has 1 aromatic carbocycles. The molecule has 0 bridgehead atoms. The Morgan fingerprint density at radius 2 is 2.35 bits per heavy atom. The van der Waals surface area contributed by atoms with Crippen LogP contribution < -0.4 is 15.8 Å². The second-order valence-electron chi connectivity index (χ2n) is 4.01. The van der Waals surface area contributed by atoms with Gasteiger partial charge in [-0.05, 0) is 12.1 Å². The van der Waals surface area contributed by atoms with Crippen molar-refractivity contribution >= 4 is 23.2 Å². The van der Waals surface area contributed by atoms with Crippen LogP contribution in [0.2, 0.25) is 5.02 Å². The summed E-state index contributed by atoms with van der Waals surface area (Å²) in [5, 5.41) is 10.8. The molecule has 0 aliphatic heterocycles. The summed E-state index contributed by atoms with van der Waals surface area (Å²) in [6.45, 7) is 0.341. The fourth-order valence-electron chi connectivity index (χ4n) is 1.59. The van der Waals surface area contributed by atoms with E-state index >= 15 is 0 Å². The third-order valence-corrected chi connectivity index (χ3v) is 2.85. The van der Waals surface area contributed by atoms with E-state index in [1.54, 1.807) is 24.4 Å². The molecule has 106 valence electrons. The summed E-state index contributed by atoms with van der Waals surface area (Å²) in [6.07, 6.45) is 1.63. The van der Waals surface area contributed by atoms with Crippen molar-refractivity contribution in [3.05, 3.63) is 35.1 Å². The van der Waals surface area contributed by atoms with E-state index in [1.165, 1.54) is 11.8 Å².